The standard InChI is InChI=1S/C25H54N/c1-5-8-9-10-11-12-13-14-15-16-17-18-19-20-21-22-23-24-25-26(4,6-2)7-3/h5-25H2,1-4H3/q+1. The molecule has 0 radical (unpaired) electrons. The molecule has 1 nitrogen and oxygen atoms in total. The maximum Gasteiger partial charge on any atom is 0.0784 e. The lowest BCUT2D eigenvalue weighted by Crippen LogP contribution is -2.44. The van der Waals surface area contributed by atoms with E-state index in [4.69, 9.17) is 0 Å². The summed E-state index contributed by atoms with van der Waals surface area (Å²) >= 11 is 0. The van der Waals surface area contributed by atoms with E-state index < -0.39 is 0 Å². The van der Waals surface area contributed by atoms with Crippen molar-refractivity contribution in [3.63, 3.8) is 0 Å². The predicted molar refractivity (Wildman–Crippen MR) is 121 cm³/mol. The van der Waals surface area contributed by atoms with E-state index in [1.54, 1.807) is 0 Å². The number of quaternary nitrogens is 1. The molecule has 0 aliphatic carbocycles. The molecule has 0 atom stereocenters. The summed E-state index contributed by atoms with van der Waals surface area (Å²) in [6, 6.07) is 0. The Balaban J connectivity index is 3.11. The van der Waals surface area contributed by atoms with Crippen LogP contribution in [0.25, 0.3) is 0 Å². The highest BCUT2D eigenvalue weighted by Crippen LogP contribution is 2.14. The highest BCUT2D eigenvalue weighted by molar-refractivity contribution is 4.50. The second kappa shape index (κ2) is 19.7. The Morgan fingerprint density at radius 3 is 0.923 bits per heavy atom. The molecule has 0 aromatic carbocycles. The van der Waals surface area contributed by atoms with Gasteiger partial charge in [0.15, 0.2) is 0 Å². The van der Waals surface area contributed by atoms with Crippen LogP contribution in [0, 0.1) is 0 Å². The molecule has 158 valence electrons. The fraction of sp³-hybridized carbons (Fsp3) is 1.00. The van der Waals surface area contributed by atoms with Crippen LogP contribution in [0.4, 0.5) is 0 Å². The van der Waals surface area contributed by atoms with Crippen LogP contribution in [0.5, 0.6) is 0 Å². The second-order valence-electron chi connectivity index (χ2n) is 8.99. The van der Waals surface area contributed by atoms with Gasteiger partial charge in [-0.15, -0.1) is 0 Å². The molecule has 0 rings (SSSR count). The third kappa shape index (κ3) is 17.4. The molecule has 1 heteroatoms. The van der Waals surface area contributed by atoms with Crippen LogP contribution in [0.15, 0.2) is 0 Å². The fourth-order valence-corrected chi connectivity index (χ4v) is 3.94. The molecule has 0 saturated heterocycles. The molecule has 0 amide bonds. The molecule has 0 spiro atoms. The van der Waals surface area contributed by atoms with Crippen LogP contribution < -0.4 is 0 Å². The van der Waals surface area contributed by atoms with Crippen LogP contribution in [-0.4, -0.2) is 31.2 Å². The van der Waals surface area contributed by atoms with E-state index >= 15 is 0 Å². The molecule has 0 aromatic rings. The number of rotatable bonds is 21. The van der Waals surface area contributed by atoms with Crippen LogP contribution >= 0.6 is 0 Å². The van der Waals surface area contributed by atoms with Gasteiger partial charge in [-0.3, -0.25) is 0 Å². The minimum Gasteiger partial charge on any atom is -0.327 e. The van der Waals surface area contributed by atoms with Crippen molar-refractivity contribution in [1.29, 1.82) is 0 Å². The van der Waals surface area contributed by atoms with Crippen LogP contribution in [0.1, 0.15) is 136 Å². The summed E-state index contributed by atoms with van der Waals surface area (Å²) in [7, 11) is 2.41. The lowest BCUT2D eigenvalue weighted by Gasteiger charge is -2.32. The summed E-state index contributed by atoms with van der Waals surface area (Å²) in [6.07, 6.45) is 26.4. The topological polar surface area (TPSA) is 0 Å². The summed E-state index contributed by atoms with van der Waals surface area (Å²) in [4.78, 5) is 0. The van der Waals surface area contributed by atoms with Gasteiger partial charge in [0.25, 0.3) is 0 Å². The zero-order valence-corrected chi connectivity index (χ0v) is 19.3. The highest BCUT2D eigenvalue weighted by Gasteiger charge is 2.14. The van der Waals surface area contributed by atoms with Gasteiger partial charge in [0.2, 0.25) is 0 Å². The number of hydrogen-bond acceptors (Lipinski definition) is 0. The van der Waals surface area contributed by atoms with Crippen molar-refractivity contribution in [2.24, 2.45) is 0 Å². The first-order valence-electron chi connectivity index (χ1n) is 12.5. The average Bonchev–Trinajstić information content (AvgIpc) is 2.66. The van der Waals surface area contributed by atoms with Gasteiger partial charge < -0.3 is 4.48 Å². The maximum absolute atomic E-state index is 2.41. The number of hydrogen-bond donors (Lipinski definition) is 0. The minimum atomic E-state index is 1.26. The van der Waals surface area contributed by atoms with Crippen molar-refractivity contribution in [2.75, 3.05) is 26.7 Å². The summed E-state index contributed by atoms with van der Waals surface area (Å²) in [5.74, 6) is 0. The summed E-state index contributed by atoms with van der Waals surface area (Å²) in [5, 5.41) is 0. The molecular formula is C25H54N+. The molecule has 0 N–H and O–H groups in total. The quantitative estimate of drug-likeness (QED) is 0.141. The van der Waals surface area contributed by atoms with Gasteiger partial charge in [-0.05, 0) is 26.7 Å². The first-order chi connectivity index (χ1) is 12.7. The first-order valence-corrected chi connectivity index (χ1v) is 12.5. The van der Waals surface area contributed by atoms with Gasteiger partial charge in [-0.2, -0.15) is 0 Å². The fourth-order valence-electron chi connectivity index (χ4n) is 3.94. The van der Waals surface area contributed by atoms with E-state index in [1.165, 1.54) is 140 Å². The third-order valence-corrected chi connectivity index (χ3v) is 6.58. The molecule has 0 bridgehead atoms. The Morgan fingerprint density at radius 1 is 0.385 bits per heavy atom. The monoisotopic (exact) mass is 368 g/mol. The van der Waals surface area contributed by atoms with Gasteiger partial charge in [0.05, 0.1) is 26.7 Å². The zero-order valence-electron chi connectivity index (χ0n) is 19.3. The SMILES string of the molecule is CCCCCCCCCCCCCCCCCCCC[N+](C)(CC)CC. The van der Waals surface area contributed by atoms with Gasteiger partial charge in [-0.1, -0.05) is 110 Å². The van der Waals surface area contributed by atoms with E-state index in [-0.39, 0.29) is 0 Å². The average molecular weight is 369 g/mol. The summed E-state index contributed by atoms with van der Waals surface area (Å²) in [6.45, 7) is 10.9. The highest BCUT2D eigenvalue weighted by atomic mass is 15.3. The summed E-state index contributed by atoms with van der Waals surface area (Å²) in [5.41, 5.74) is 0. The summed E-state index contributed by atoms with van der Waals surface area (Å²) < 4.78 is 1.26. The molecule has 0 fully saturated rings. The molecule has 0 aromatic heterocycles. The Hall–Kier alpha value is -0.0400. The van der Waals surface area contributed by atoms with E-state index in [9.17, 15) is 0 Å². The zero-order chi connectivity index (χ0) is 19.3. The Labute approximate surface area is 167 Å². The maximum atomic E-state index is 2.41. The number of nitrogens with zero attached hydrogens (tertiary/aromatic N) is 1. The molecule has 0 aliphatic heterocycles. The van der Waals surface area contributed by atoms with Crippen molar-refractivity contribution in [2.45, 2.75) is 136 Å². The second-order valence-corrected chi connectivity index (χ2v) is 8.99. The van der Waals surface area contributed by atoms with Crippen molar-refractivity contribution in [1.82, 2.24) is 0 Å². The molecule has 0 heterocycles. The van der Waals surface area contributed by atoms with Crippen molar-refractivity contribution in [3.8, 4) is 0 Å². The molecule has 0 saturated carbocycles. The number of unbranched alkanes of at least 4 members (excludes halogenated alkanes) is 17. The van der Waals surface area contributed by atoms with Crippen molar-refractivity contribution in [3.05, 3.63) is 0 Å². The van der Waals surface area contributed by atoms with Crippen LogP contribution in [-0.2, 0) is 0 Å². The van der Waals surface area contributed by atoms with E-state index in [1.807, 2.05) is 0 Å². The normalized spacial score (nSPS) is 12.0. The largest absolute Gasteiger partial charge is 0.327 e. The van der Waals surface area contributed by atoms with E-state index in [0.717, 1.165) is 0 Å². The van der Waals surface area contributed by atoms with Gasteiger partial charge in [0, 0.05) is 0 Å². The van der Waals surface area contributed by atoms with E-state index in [0.29, 0.717) is 0 Å². The molecular weight excluding hydrogens is 314 g/mol. The van der Waals surface area contributed by atoms with Crippen molar-refractivity contribution < 1.29 is 4.48 Å². The minimum absolute atomic E-state index is 1.26. The first kappa shape index (κ1) is 26.0. The van der Waals surface area contributed by atoms with Gasteiger partial charge >= 0.3 is 0 Å². The van der Waals surface area contributed by atoms with Gasteiger partial charge in [0.1, 0.15) is 0 Å². The van der Waals surface area contributed by atoms with E-state index in [2.05, 4.69) is 27.8 Å². The van der Waals surface area contributed by atoms with Gasteiger partial charge in [-0.25, -0.2) is 0 Å². The lowest BCUT2D eigenvalue weighted by atomic mass is 10.0. The Morgan fingerprint density at radius 2 is 0.654 bits per heavy atom. The Kier molecular flexibility index (Phi) is 19.7. The van der Waals surface area contributed by atoms with Crippen LogP contribution in [0.2, 0.25) is 0 Å². The van der Waals surface area contributed by atoms with Crippen LogP contribution in [0.3, 0.4) is 0 Å². The smallest absolute Gasteiger partial charge is 0.0784 e. The molecule has 0 unspecified atom stereocenters. The Bertz CT molecular complexity index is 257. The molecule has 26 heavy (non-hydrogen) atoms. The predicted octanol–water partition coefficient (Wildman–Crippen LogP) is 8.51. The lowest BCUT2D eigenvalue weighted by molar-refractivity contribution is -0.906. The third-order valence-electron chi connectivity index (χ3n) is 6.58. The van der Waals surface area contributed by atoms with Crippen molar-refractivity contribution >= 4 is 0 Å². The molecule has 0 aliphatic rings.